The molecule has 0 aliphatic carbocycles. The summed E-state index contributed by atoms with van der Waals surface area (Å²) < 4.78 is 15.9. The topological polar surface area (TPSA) is 60.0 Å². The van der Waals surface area contributed by atoms with Crippen molar-refractivity contribution in [3.05, 3.63) is 17.7 Å². The SMILES string of the molecule is COc1cc(OC)c(C(=O)NCC(C)(C)N2CCCC(C)C2)cc1OC. The first-order chi connectivity index (χ1) is 12.3. The second kappa shape index (κ2) is 8.62. The van der Waals surface area contributed by atoms with E-state index in [1.54, 1.807) is 26.4 Å². The van der Waals surface area contributed by atoms with E-state index in [0.29, 0.717) is 35.3 Å². The Hall–Kier alpha value is -1.95. The van der Waals surface area contributed by atoms with Crippen LogP contribution in [-0.4, -0.2) is 57.3 Å². The molecule has 1 N–H and O–H groups in total. The first-order valence-electron chi connectivity index (χ1n) is 9.15. The van der Waals surface area contributed by atoms with Crippen molar-refractivity contribution in [1.29, 1.82) is 0 Å². The normalized spacial score (nSPS) is 18.3. The molecule has 6 nitrogen and oxygen atoms in total. The van der Waals surface area contributed by atoms with Gasteiger partial charge in [-0.1, -0.05) is 6.92 Å². The lowest BCUT2D eigenvalue weighted by molar-refractivity contribution is 0.0656. The Kier molecular flexibility index (Phi) is 6.75. The van der Waals surface area contributed by atoms with Crippen molar-refractivity contribution in [2.45, 2.75) is 39.2 Å². The lowest BCUT2D eigenvalue weighted by Crippen LogP contribution is -2.54. The van der Waals surface area contributed by atoms with E-state index in [-0.39, 0.29) is 11.4 Å². The molecule has 1 atom stereocenters. The quantitative estimate of drug-likeness (QED) is 0.806. The third kappa shape index (κ3) is 4.61. The molecular formula is C20H32N2O4. The van der Waals surface area contributed by atoms with Crippen molar-refractivity contribution >= 4 is 5.91 Å². The summed E-state index contributed by atoms with van der Waals surface area (Å²) >= 11 is 0. The summed E-state index contributed by atoms with van der Waals surface area (Å²) in [5.74, 6) is 2.02. The summed E-state index contributed by atoms with van der Waals surface area (Å²) in [5, 5.41) is 3.06. The molecular weight excluding hydrogens is 332 g/mol. The fraction of sp³-hybridized carbons (Fsp3) is 0.650. The van der Waals surface area contributed by atoms with Gasteiger partial charge in [0.05, 0.1) is 26.9 Å². The summed E-state index contributed by atoms with van der Waals surface area (Å²) in [6.07, 6.45) is 2.49. The predicted octanol–water partition coefficient (Wildman–Crippen LogP) is 2.95. The Morgan fingerprint density at radius 1 is 1.15 bits per heavy atom. The van der Waals surface area contributed by atoms with Gasteiger partial charge >= 0.3 is 0 Å². The summed E-state index contributed by atoms with van der Waals surface area (Å²) in [5.41, 5.74) is 0.335. The van der Waals surface area contributed by atoms with Gasteiger partial charge in [-0.3, -0.25) is 9.69 Å². The van der Waals surface area contributed by atoms with E-state index in [4.69, 9.17) is 14.2 Å². The van der Waals surface area contributed by atoms with Gasteiger partial charge in [0, 0.05) is 30.8 Å². The standard InChI is InChI=1S/C20H32N2O4/c1-14-8-7-9-22(12-14)20(2,3)13-21-19(23)15-10-17(25-5)18(26-6)11-16(15)24-4/h10-11,14H,7-9,12-13H2,1-6H3,(H,21,23). The molecule has 1 aromatic carbocycles. The number of piperidine rings is 1. The van der Waals surface area contributed by atoms with Gasteiger partial charge in [-0.15, -0.1) is 0 Å². The Balaban J connectivity index is 2.11. The van der Waals surface area contributed by atoms with Crippen molar-refractivity contribution in [3.8, 4) is 17.2 Å². The van der Waals surface area contributed by atoms with E-state index in [1.165, 1.54) is 20.0 Å². The van der Waals surface area contributed by atoms with Crippen molar-refractivity contribution in [2.75, 3.05) is 41.0 Å². The number of hydrogen-bond acceptors (Lipinski definition) is 5. The fourth-order valence-corrected chi connectivity index (χ4v) is 3.45. The average molecular weight is 364 g/mol. The van der Waals surface area contributed by atoms with E-state index in [9.17, 15) is 4.79 Å². The Labute approximate surface area is 156 Å². The van der Waals surface area contributed by atoms with Crippen LogP contribution in [0.4, 0.5) is 0 Å². The number of nitrogens with one attached hydrogen (secondary N) is 1. The molecule has 1 fully saturated rings. The summed E-state index contributed by atoms with van der Waals surface area (Å²) in [6.45, 7) is 9.36. The number of benzene rings is 1. The van der Waals surface area contributed by atoms with Crippen LogP contribution in [0.15, 0.2) is 12.1 Å². The van der Waals surface area contributed by atoms with Gasteiger partial charge < -0.3 is 19.5 Å². The lowest BCUT2D eigenvalue weighted by atomic mass is 9.93. The van der Waals surface area contributed by atoms with Crippen LogP contribution in [0.5, 0.6) is 17.2 Å². The predicted molar refractivity (Wildman–Crippen MR) is 102 cm³/mol. The molecule has 1 heterocycles. The molecule has 0 spiro atoms. The molecule has 1 aliphatic heterocycles. The van der Waals surface area contributed by atoms with Crippen molar-refractivity contribution < 1.29 is 19.0 Å². The number of likely N-dealkylation sites (tertiary alicyclic amines) is 1. The number of methoxy groups -OCH3 is 3. The van der Waals surface area contributed by atoms with Crippen molar-refractivity contribution in [1.82, 2.24) is 10.2 Å². The number of nitrogens with zero attached hydrogens (tertiary/aromatic N) is 1. The molecule has 0 bridgehead atoms. The second-order valence-corrected chi connectivity index (χ2v) is 7.60. The van der Waals surface area contributed by atoms with Crippen LogP contribution in [-0.2, 0) is 0 Å². The molecule has 0 radical (unpaired) electrons. The highest BCUT2D eigenvalue weighted by Crippen LogP contribution is 2.34. The zero-order chi connectivity index (χ0) is 19.3. The van der Waals surface area contributed by atoms with Gasteiger partial charge in [0.1, 0.15) is 5.75 Å². The maximum atomic E-state index is 12.8. The van der Waals surface area contributed by atoms with Gasteiger partial charge in [0.2, 0.25) is 0 Å². The van der Waals surface area contributed by atoms with E-state index < -0.39 is 0 Å². The second-order valence-electron chi connectivity index (χ2n) is 7.60. The van der Waals surface area contributed by atoms with Crippen LogP contribution in [0.25, 0.3) is 0 Å². The highest BCUT2D eigenvalue weighted by molar-refractivity contribution is 5.97. The van der Waals surface area contributed by atoms with Crippen LogP contribution in [0.2, 0.25) is 0 Å². The zero-order valence-electron chi connectivity index (χ0n) is 16.8. The van der Waals surface area contributed by atoms with Gasteiger partial charge in [0.25, 0.3) is 5.91 Å². The molecule has 0 aromatic heterocycles. The zero-order valence-corrected chi connectivity index (χ0v) is 16.8. The van der Waals surface area contributed by atoms with Crippen molar-refractivity contribution in [2.24, 2.45) is 5.92 Å². The molecule has 1 amide bonds. The molecule has 26 heavy (non-hydrogen) atoms. The number of hydrogen-bond donors (Lipinski definition) is 1. The lowest BCUT2D eigenvalue weighted by Gasteiger charge is -2.43. The summed E-state index contributed by atoms with van der Waals surface area (Å²) in [7, 11) is 4.64. The van der Waals surface area contributed by atoms with Crippen LogP contribution < -0.4 is 19.5 Å². The maximum Gasteiger partial charge on any atom is 0.255 e. The molecule has 1 unspecified atom stereocenters. The molecule has 1 aromatic rings. The van der Waals surface area contributed by atoms with Crippen LogP contribution in [0.3, 0.4) is 0 Å². The average Bonchev–Trinajstić information content (AvgIpc) is 2.64. The minimum atomic E-state index is -0.180. The number of ether oxygens (including phenoxy) is 3. The number of carbonyl (C=O) groups is 1. The van der Waals surface area contributed by atoms with E-state index in [2.05, 4.69) is 31.0 Å². The highest BCUT2D eigenvalue weighted by Gasteiger charge is 2.31. The van der Waals surface area contributed by atoms with Crippen LogP contribution in [0, 0.1) is 5.92 Å². The fourth-order valence-electron chi connectivity index (χ4n) is 3.45. The number of carbonyl (C=O) groups excluding carboxylic acids is 1. The first kappa shape index (κ1) is 20.4. The Morgan fingerprint density at radius 2 is 1.77 bits per heavy atom. The highest BCUT2D eigenvalue weighted by atomic mass is 16.5. The van der Waals surface area contributed by atoms with E-state index in [1.807, 2.05) is 0 Å². The van der Waals surface area contributed by atoms with Gasteiger partial charge in [-0.2, -0.15) is 0 Å². The molecule has 1 saturated heterocycles. The van der Waals surface area contributed by atoms with E-state index >= 15 is 0 Å². The van der Waals surface area contributed by atoms with Gasteiger partial charge in [-0.05, 0) is 39.2 Å². The monoisotopic (exact) mass is 364 g/mol. The smallest absolute Gasteiger partial charge is 0.255 e. The van der Waals surface area contributed by atoms with Gasteiger partial charge in [-0.25, -0.2) is 0 Å². The molecule has 6 heteroatoms. The molecule has 0 saturated carbocycles. The number of amides is 1. The molecule has 146 valence electrons. The van der Waals surface area contributed by atoms with Crippen molar-refractivity contribution in [3.63, 3.8) is 0 Å². The third-order valence-electron chi connectivity index (χ3n) is 5.14. The Bertz CT molecular complexity index is 630. The van der Waals surface area contributed by atoms with Gasteiger partial charge in [0.15, 0.2) is 11.5 Å². The number of rotatable bonds is 7. The molecule has 1 aliphatic rings. The molecule has 2 rings (SSSR count). The van der Waals surface area contributed by atoms with Crippen LogP contribution in [0.1, 0.15) is 44.0 Å². The largest absolute Gasteiger partial charge is 0.496 e. The Morgan fingerprint density at radius 3 is 2.35 bits per heavy atom. The first-order valence-corrected chi connectivity index (χ1v) is 9.15. The van der Waals surface area contributed by atoms with E-state index in [0.717, 1.165) is 13.1 Å². The minimum Gasteiger partial charge on any atom is -0.496 e. The summed E-state index contributed by atoms with van der Waals surface area (Å²) in [4.78, 5) is 15.2. The van der Waals surface area contributed by atoms with Crippen LogP contribution >= 0.6 is 0 Å². The third-order valence-corrected chi connectivity index (χ3v) is 5.14. The minimum absolute atomic E-state index is 0.103. The summed E-state index contributed by atoms with van der Waals surface area (Å²) in [6, 6.07) is 3.33. The maximum absolute atomic E-state index is 12.8.